The smallest absolute Gasteiger partial charge is 0.338 e. The molecule has 34 heavy (non-hydrogen) atoms. The fourth-order valence-electron chi connectivity index (χ4n) is 2.99. The normalized spacial score (nSPS) is 10.2. The van der Waals surface area contributed by atoms with Crippen molar-refractivity contribution in [3.63, 3.8) is 0 Å². The summed E-state index contributed by atoms with van der Waals surface area (Å²) in [5.74, 6) is -1.30. The van der Waals surface area contributed by atoms with E-state index >= 15 is 0 Å². The zero-order valence-electron chi connectivity index (χ0n) is 18.4. The van der Waals surface area contributed by atoms with Crippen molar-refractivity contribution < 1.29 is 28.8 Å². The second-order valence-corrected chi connectivity index (χ2v) is 7.11. The lowest BCUT2D eigenvalue weighted by atomic mass is 10.1. The molecule has 10 heteroatoms. The van der Waals surface area contributed by atoms with Gasteiger partial charge in [-0.15, -0.1) is 0 Å². The van der Waals surface area contributed by atoms with Crippen LogP contribution >= 0.6 is 0 Å². The van der Waals surface area contributed by atoms with E-state index in [9.17, 15) is 24.5 Å². The predicted molar refractivity (Wildman–Crippen MR) is 124 cm³/mol. The van der Waals surface area contributed by atoms with E-state index in [1.165, 1.54) is 43.5 Å². The molecule has 3 aromatic carbocycles. The number of aryl methyl sites for hydroxylation is 1. The number of nitrogens with zero attached hydrogens (tertiary/aromatic N) is 1. The predicted octanol–water partition coefficient (Wildman–Crippen LogP) is 3.96. The Morgan fingerprint density at radius 2 is 1.62 bits per heavy atom. The van der Waals surface area contributed by atoms with Gasteiger partial charge in [0, 0.05) is 22.9 Å². The van der Waals surface area contributed by atoms with Gasteiger partial charge in [-0.05, 0) is 49.4 Å². The quantitative estimate of drug-likeness (QED) is 0.293. The number of nitrogens with one attached hydrogen (secondary N) is 2. The van der Waals surface area contributed by atoms with Gasteiger partial charge in [0.05, 0.1) is 23.3 Å². The number of amides is 2. The number of nitro benzene ring substituents is 1. The lowest BCUT2D eigenvalue weighted by molar-refractivity contribution is -0.385. The Hall–Kier alpha value is -4.73. The molecule has 0 heterocycles. The molecular weight excluding hydrogens is 442 g/mol. The van der Waals surface area contributed by atoms with E-state index in [1.54, 1.807) is 31.2 Å². The second kappa shape index (κ2) is 10.7. The number of hydrogen-bond donors (Lipinski definition) is 2. The van der Waals surface area contributed by atoms with Crippen molar-refractivity contribution >= 4 is 34.8 Å². The van der Waals surface area contributed by atoms with E-state index in [0.717, 1.165) is 6.07 Å². The molecule has 2 N–H and O–H groups in total. The Balaban J connectivity index is 1.54. The molecule has 0 saturated heterocycles. The minimum absolute atomic E-state index is 0.0319. The van der Waals surface area contributed by atoms with Crippen molar-refractivity contribution in [2.45, 2.75) is 6.92 Å². The average Bonchev–Trinajstić information content (AvgIpc) is 2.83. The molecule has 0 fully saturated rings. The number of ether oxygens (including phenoxy) is 2. The summed E-state index contributed by atoms with van der Waals surface area (Å²) in [7, 11) is 1.50. The van der Waals surface area contributed by atoms with Crippen LogP contribution in [-0.4, -0.2) is 36.4 Å². The van der Waals surface area contributed by atoms with Crippen LogP contribution in [0.1, 0.15) is 26.3 Å². The Labute approximate surface area is 194 Å². The molecule has 0 bridgehead atoms. The van der Waals surface area contributed by atoms with Gasteiger partial charge in [0.1, 0.15) is 5.75 Å². The first-order chi connectivity index (χ1) is 16.3. The molecule has 0 spiro atoms. The summed E-state index contributed by atoms with van der Waals surface area (Å²) in [4.78, 5) is 47.1. The van der Waals surface area contributed by atoms with Crippen molar-refractivity contribution in [1.82, 2.24) is 0 Å². The van der Waals surface area contributed by atoms with Gasteiger partial charge in [-0.25, -0.2) is 4.79 Å². The molecule has 3 rings (SSSR count). The van der Waals surface area contributed by atoms with E-state index in [0.29, 0.717) is 28.3 Å². The topological polar surface area (TPSA) is 137 Å². The van der Waals surface area contributed by atoms with E-state index in [1.807, 2.05) is 0 Å². The van der Waals surface area contributed by atoms with Gasteiger partial charge in [0.15, 0.2) is 6.61 Å². The molecule has 0 atom stereocenters. The number of esters is 1. The van der Waals surface area contributed by atoms with Crippen LogP contribution in [-0.2, 0) is 9.53 Å². The zero-order chi connectivity index (χ0) is 24.7. The third kappa shape index (κ3) is 5.94. The highest BCUT2D eigenvalue weighted by atomic mass is 16.6. The summed E-state index contributed by atoms with van der Waals surface area (Å²) in [6.45, 7) is 0.963. The monoisotopic (exact) mass is 463 g/mol. The highest BCUT2D eigenvalue weighted by Gasteiger charge is 2.17. The summed E-state index contributed by atoms with van der Waals surface area (Å²) in [5, 5.41) is 16.3. The first kappa shape index (κ1) is 23.9. The number of hydrogen-bond acceptors (Lipinski definition) is 7. The third-order valence-corrected chi connectivity index (χ3v) is 4.76. The largest absolute Gasteiger partial charge is 0.495 e. The van der Waals surface area contributed by atoms with Gasteiger partial charge in [0.25, 0.3) is 17.5 Å². The van der Waals surface area contributed by atoms with Crippen molar-refractivity contribution in [2.75, 3.05) is 24.4 Å². The van der Waals surface area contributed by atoms with E-state index in [-0.39, 0.29) is 17.2 Å². The van der Waals surface area contributed by atoms with Crippen LogP contribution in [0.25, 0.3) is 0 Å². The van der Waals surface area contributed by atoms with Crippen LogP contribution in [0.3, 0.4) is 0 Å². The van der Waals surface area contributed by atoms with Gasteiger partial charge in [-0.1, -0.05) is 18.2 Å². The summed E-state index contributed by atoms with van der Waals surface area (Å²) in [6.07, 6.45) is 0. The number of benzene rings is 3. The molecule has 0 radical (unpaired) electrons. The molecule has 2 amide bonds. The van der Waals surface area contributed by atoms with E-state index in [4.69, 9.17) is 9.47 Å². The molecule has 0 aromatic heterocycles. The minimum atomic E-state index is -0.860. The van der Waals surface area contributed by atoms with Gasteiger partial charge in [-0.2, -0.15) is 0 Å². The number of methoxy groups -OCH3 is 1. The first-order valence-electron chi connectivity index (χ1n) is 10.0. The molecule has 0 saturated carbocycles. The van der Waals surface area contributed by atoms with Gasteiger partial charge < -0.3 is 20.1 Å². The molecule has 0 aliphatic carbocycles. The maximum absolute atomic E-state index is 12.5. The molecule has 0 aliphatic rings. The SMILES string of the molecule is COc1ccccc1NC(=O)c1ccc(NC(=O)COC(=O)c2ccc(C)c([N+](=O)[O-])c2)cc1. The van der Waals surface area contributed by atoms with Gasteiger partial charge in [-0.3, -0.25) is 19.7 Å². The van der Waals surface area contributed by atoms with E-state index < -0.39 is 23.4 Å². The lowest BCUT2D eigenvalue weighted by Crippen LogP contribution is -2.21. The average molecular weight is 463 g/mol. The standard InChI is InChI=1S/C24H21N3O7/c1-15-7-8-17(13-20(15)27(31)32)24(30)34-14-22(28)25-18-11-9-16(10-12-18)23(29)26-19-5-3-4-6-21(19)33-2/h3-13H,14H2,1-2H3,(H,25,28)(H,26,29). The van der Waals surface area contributed by atoms with Crippen molar-refractivity contribution in [3.8, 4) is 5.75 Å². The van der Waals surface area contributed by atoms with Crippen molar-refractivity contribution in [1.29, 1.82) is 0 Å². The van der Waals surface area contributed by atoms with Crippen LogP contribution in [0.15, 0.2) is 66.7 Å². The highest BCUT2D eigenvalue weighted by Crippen LogP contribution is 2.24. The molecule has 0 unspecified atom stereocenters. The lowest BCUT2D eigenvalue weighted by Gasteiger charge is -2.10. The Morgan fingerprint density at radius 3 is 2.29 bits per heavy atom. The van der Waals surface area contributed by atoms with Crippen LogP contribution in [0, 0.1) is 17.0 Å². The number of anilines is 2. The number of para-hydroxylation sites is 2. The number of carbonyl (C=O) groups is 3. The molecule has 174 valence electrons. The number of rotatable bonds is 8. The fraction of sp³-hybridized carbons (Fsp3) is 0.125. The number of nitro groups is 1. The molecule has 10 nitrogen and oxygen atoms in total. The van der Waals surface area contributed by atoms with Gasteiger partial charge >= 0.3 is 5.97 Å². The summed E-state index contributed by atoms with van der Waals surface area (Å²) in [5.41, 5.74) is 1.42. The Kier molecular flexibility index (Phi) is 7.55. The van der Waals surface area contributed by atoms with Crippen LogP contribution in [0.4, 0.5) is 17.1 Å². The van der Waals surface area contributed by atoms with Gasteiger partial charge in [0.2, 0.25) is 0 Å². The van der Waals surface area contributed by atoms with Crippen molar-refractivity contribution in [3.05, 3.63) is 93.5 Å². The number of carbonyl (C=O) groups excluding carboxylic acids is 3. The minimum Gasteiger partial charge on any atom is -0.495 e. The first-order valence-corrected chi connectivity index (χ1v) is 10.0. The van der Waals surface area contributed by atoms with Crippen LogP contribution < -0.4 is 15.4 Å². The molecule has 0 aliphatic heterocycles. The van der Waals surface area contributed by atoms with Crippen LogP contribution in [0.5, 0.6) is 5.75 Å². The maximum Gasteiger partial charge on any atom is 0.338 e. The maximum atomic E-state index is 12.5. The molecule has 3 aromatic rings. The molecular formula is C24H21N3O7. The zero-order valence-corrected chi connectivity index (χ0v) is 18.4. The Bertz CT molecular complexity index is 1240. The van der Waals surface area contributed by atoms with E-state index in [2.05, 4.69) is 10.6 Å². The van der Waals surface area contributed by atoms with Crippen LogP contribution in [0.2, 0.25) is 0 Å². The summed E-state index contributed by atoms with van der Waals surface area (Å²) < 4.78 is 10.1. The van der Waals surface area contributed by atoms with Crippen molar-refractivity contribution in [2.24, 2.45) is 0 Å². The summed E-state index contributed by atoms with van der Waals surface area (Å²) in [6, 6.07) is 17.0. The third-order valence-electron chi connectivity index (χ3n) is 4.76. The fourth-order valence-corrected chi connectivity index (χ4v) is 2.99. The summed E-state index contributed by atoms with van der Waals surface area (Å²) >= 11 is 0. The highest BCUT2D eigenvalue weighted by molar-refractivity contribution is 6.05. The Morgan fingerprint density at radius 1 is 0.941 bits per heavy atom. The second-order valence-electron chi connectivity index (χ2n) is 7.11.